The molecule has 0 radical (unpaired) electrons. The zero-order valence-electron chi connectivity index (χ0n) is 14.6. The zero-order valence-corrected chi connectivity index (χ0v) is 14.6. The highest BCUT2D eigenvalue weighted by molar-refractivity contribution is 5.65. The van der Waals surface area contributed by atoms with Crippen molar-refractivity contribution in [2.75, 3.05) is 0 Å². The van der Waals surface area contributed by atoms with E-state index < -0.39 is 81.5 Å². The topological polar surface area (TPSA) is 0 Å². The molecule has 0 nitrogen and oxygen atoms in total. The van der Waals surface area contributed by atoms with Crippen LogP contribution >= 0.6 is 0 Å². The number of hydrogen-bond donors (Lipinski definition) is 0. The zero-order chi connectivity index (χ0) is 27.3. The third-order valence-corrected chi connectivity index (χ3v) is 5.39. The van der Waals surface area contributed by atoms with Gasteiger partial charge in [-0.1, -0.05) is 0 Å². The van der Waals surface area contributed by atoms with E-state index in [4.69, 9.17) is 0 Å². The molecule has 0 spiro atoms. The molecular weight excluding hydrogens is 548 g/mol. The standard InChI is InChI=1S/C14F20/c15-5(16)1-2-4(10(25,26)14(33,34)12(29,30)6(2,17)18)8(21,22)7(19,20)3(1)9(23,24)13(31,32)11(5,27)28. The first-order valence-corrected chi connectivity index (χ1v) is 7.78. The average molecular weight is 548 g/mol. The Bertz CT molecular complexity index is 938. The van der Waals surface area contributed by atoms with E-state index in [1.807, 2.05) is 0 Å². The molecule has 0 aromatic carbocycles. The smallest absolute Gasteiger partial charge is 0.194 e. The summed E-state index contributed by atoms with van der Waals surface area (Å²) in [6.07, 6.45) is 0. The molecule has 0 aromatic heterocycles. The minimum Gasteiger partial charge on any atom is -0.194 e. The second kappa shape index (κ2) is 5.73. The van der Waals surface area contributed by atoms with Crippen molar-refractivity contribution in [3.63, 3.8) is 0 Å². The highest BCUT2D eigenvalue weighted by Gasteiger charge is 2.96. The first kappa shape index (κ1) is 26.7. The second-order valence-corrected chi connectivity index (χ2v) is 7.24. The number of rotatable bonds is 0. The number of fused-ring (bicyclic) bond motifs is 1. The summed E-state index contributed by atoms with van der Waals surface area (Å²) in [6, 6.07) is 0. The maximum Gasteiger partial charge on any atom is 0.382 e. The lowest BCUT2D eigenvalue weighted by Gasteiger charge is -2.54. The minimum atomic E-state index is -7.87. The molecule has 0 aromatic rings. The molecule has 0 N–H and O–H groups in total. The van der Waals surface area contributed by atoms with Crippen molar-refractivity contribution < 1.29 is 87.8 Å². The van der Waals surface area contributed by atoms with Crippen LogP contribution < -0.4 is 0 Å². The Hall–Kier alpha value is -1.92. The van der Waals surface area contributed by atoms with Crippen LogP contribution in [0.15, 0.2) is 22.3 Å². The molecule has 0 saturated heterocycles. The Morgan fingerprint density at radius 1 is 0.235 bits per heavy atom. The molecule has 3 aliphatic carbocycles. The fourth-order valence-corrected chi connectivity index (χ4v) is 3.63. The fraction of sp³-hybridized carbons (Fsp3) is 0.714. The van der Waals surface area contributed by atoms with Gasteiger partial charge in [-0.3, -0.25) is 0 Å². The van der Waals surface area contributed by atoms with Gasteiger partial charge in [-0.15, -0.1) is 0 Å². The molecule has 0 unspecified atom stereocenters. The van der Waals surface area contributed by atoms with Gasteiger partial charge in [0.15, 0.2) is 0 Å². The van der Waals surface area contributed by atoms with Crippen LogP contribution in [0.5, 0.6) is 0 Å². The van der Waals surface area contributed by atoms with E-state index in [0.717, 1.165) is 0 Å². The van der Waals surface area contributed by atoms with Gasteiger partial charge in [-0.2, -0.15) is 87.8 Å². The summed E-state index contributed by atoms with van der Waals surface area (Å²) < 4.78 is 277. The number of allylic oxidation sites excluding steroid dienone is 4. The van der Waals surface area contributed by atoms with Gasteiger partial charge in [-0.05, 0) is 0 Å². The maximum absolute atomic E-state index is 14.1. The molecule has 0 saturated carbocycles. The van der Waals surface area contributed by atoms with Crippen LogP contribution in [0.1, 0.15) is 0 Å². The third-order valence-electron chi connectivity index (χ3n) is 5.39. The van der Waals surface area contributed by atoms with Crippen molar-refractivity contribution in [1.29, 1.82) is 0 Å². The summed E-state index contributed by atoms with van der Waals surface area (Å²) in [6.45, 7) is 0. The van der Waals surface area contributed by atoms with E-state index in [1.54, 1.807) is 0 Å². The second-order valence-electron chi connectivity index (χ2n) is 7.24. The third kappa shape index (κ3) is 2.14. The molecule has 0 amide bonds. The highest BCUT2D eigenvalue weighted by Crippen LogP contribution is 2.75. The number of halogens is 20. The molecule has 0 heterocycles. The van der Waals surface area contributed by atoms with E-state index in [-0.39, 0.29) is 0 Å². The van der Waals surface area contributed by atoms with Gasteiger partial charge in [-0.25, -0.2) is 0 Å². The van der Waals surface area contributed by atoms with Crippen LogP contribution in [0.3, 0.4) is 0 Å². The average Bonchev–Trinajstić information content (AvgIpc) is 2.59. The van der Waals surface area contributed by atoms with Crippen LogP contribution in [0.2, 0.25) is 0 Å². The predicted molar refractivity (Wildman–Crippen MR) is 63.5 cm³/mol. The first-order valence-electron chi connectivity index (χ1n) is 7.78. The van der Waals surface area contributed by atoms with Crippen molar-refractivity contribution in [3.05, 3.63) is 22.3 Å². The Morgan fingerprint density at radius 2 is 0.412 bits per heavy atom. The van der Waals surface area contributed by atoms with E-state index in [2.05, 4.69) is 0 Å². The van der Waals surface area contributed by atoms with Crippen molar-refractivity contribution in [3.8, 4) is 0 Å². The fourth-order valence-electron chi connectivity index (χ4n) is 3.63. The van der Waals surface area contributed by atoms with Crippen molar-refractivity contribution in [1.82, 2.24) is 0 Å². The van der Waals surface area contributed by atoms with Gasteiger partial charge in [0.2, 0.25) is 0 Å². The van der Waals surface area contributed by atoms with Crippen LogP contribution in [0.4, 0.5) is 87.8 Å². The van der Waals surface area contributed by atoms with Crippen molar-refractivity contribution in [2.45, 2.75) is 59.2 Å². The quantitative estimate of drug-likeness (QED) is 0.287. The monoisotopic (exact) mass is 548 g/mol. The lowest BCUT2D eigenvalue weighted by Crippen LogP contribution is -2.76. The Kier molecular flexibility index (Phi) is 4.49. The molecule has 34 heavy (non-hydrogen) atoms. The number of hydrogen-bond acceptors (Lipinski definition) is 0. The van der Waals surface area contributed by atoms with E-state index in [0.29, 0.717) is 0 Å². The molecule has 196 valence electrons. The minimum absolute atomic E-state index is 4.88. The molecule has 0 fully saturated rings. The number of alkyl halides is 20. The lowest BCUT2D eigenvalue weighted by molar-refractivity contribution is -0.384. The molecule has 0 atom stereocenters. The first-order chi connectivity index (χ1) is 14.5. The summed E-state index contributed by atoms with van der Waals surface area (Å²) in [7, 11) is 0. The molecular formula is C14F20. The molecule has 3 rings (SSSR count). The predicted octanol–water partition coefficient (Wildman–Crippen LogP) is 6.97. The summed E-state index contributed by atoms with van der Waals surface area (Å²) >= 11 is 0. The molecule has 0 aliphatic heterocycles. The highest BCUT2D eigenvalue weighted by atomic mass is 19.4. The Morgan fingerprint density at radius 3 is 0.618 bits per heavy atom. The summed E-state index contributed by atoms with van der Waals surface area (Å²) in [5.74, 6) is -77.7. The maximum atomic E-state index is 14.1. The van der Waals surface area contributed by atoms with Gasteiger partial charge in [0, 0.05) is 11.1 Å². The van der Waals surface area contributed by atoms with E-state index >= 15 is 0 Å². The van der Waals surface area contributed by atoms with Crippen molar-refractivity contribution >= 4 is 0 Å². The van der Waals surface area contributed by atoms with E-state index in [1.165, 1.54) is 0 Å². The lowest BCUT2D eigenvalue weighted by atomic mass is 9.62. The van der Waals surface area contributed by atoms with Gasteiger partial charge < -0.3 is 0 Å². The van der Waals surface area contributed by atoms with Gasteiger partial charge in [0.05, 0.1) is 11.1 Å². The van der Waals surface area contributed by atoms with Crippen LogP contribution in [-0.4, -0.2) is 59.2 Å². The van der Waals surface area contributed by atoms with Crippen LogP contribution in [-0.2, 0) is 0 Å². The van der Waals surface area contributed by atoms with E-state index in [9.17, 15) is 87.8 Å². The molecule has 20 heteroatoms. The Labute approximate surface area is 170 Å². The Balaban J connectivity index is 2.76. The summed E-state index contributed by atoms with van der Waals surface area (Å²) in [5.41, 5.74) is -19.9. The largest absolute Gasteiger partial charge is 0.382 e. The summed E-state index contributed by atoms with van der Waals surface area (Å²) in [4.78, 5) is 0. The normalized spacial score (nSPS) is 34.2. The summed E-state index contributed by atoms with van der Waals surface area (Å²) in [5, 5.41) is 0. The molecule has 0 bridgehead atoms. The van der Waals surface area contributed by atoms with Gasteiger partial charge in [0.1, 0.15) is 0 Å². The van der Waals surface area contributed by atoms with Crippen molar-refractivity contribution in [2.24, 2.45) is 0 Å². The van der Waals surface area contributed by atoms with Crippen LogP contribution in [0, 0.1) is 0 Å². The van der Waals surface area contributed by atoms with Crippen LogP contribution in [0.25, 0.3) is 0 Å². The SMILES string of the molecule is FC1(F)C2=C(C3=C(C1(F)F)C(F)(F)C(F)(F)C(F)(F)C3(F)F)C(F)(F)C(F)(F)C(F)(F)C2(F)F. The van der Waals surface area contributed by atoms with Gasteiger partial charge >= 0.3 is 59.2 Å². The molecule has 3 aliphatic rings. The van der Waals surface area contributed by atoms with Gasteiger partial charge in [0.25, 0.3) is 0 Å².